The van der Waals surface area contributed by atoms with Crippen molar-refractivity contribution in [2.24, 2.45) is 0 Å². The maximum absolute atomic E-state index is 12.6. The minimum Gasteiger partial charge on any atom is -0.322 e. The van der Waals surface area contributed by atoms with Gasteiger partial charge in [-0.1, -0.05) is 25.1 Å². The molecule has 3 rings (SSSR count). The SMILES string of the molecule is CCCCN(C)S(=O)(=O)c1ccc(C(=O)Nc2ccc3nc(SC)sc3c2)cc1. The predicted octanol–water partition coefficient (Wildman–Crippen LogP) is 4.69. The molecule has 3 aromatic rings. The Labute approximate surface area is 179 Å². The molecule has 1 N–H and O–H groups in total. The van der Waals surface area contributed by atoms with Crippen LogP contribution in [0.15, 0.2) is 51.7 Å². The van der Waals surface area contributed by atoms with Gasteiger partial charge in [-0.2, -0.15) is 0 Å². The third kappa shape index (κ3) is 4.98. The number of fused-ring (bicyclic) bond motifs is 1. The van der Waals surface area contributed by atoms with Crippen LogP contribution in [0.3, 0.4) is 0 Å². The number of nitrogens with one attached hydrogen (secondary N) is 1. The maximum atomic E-state index is 12.6. The van der Waals surface area contributed by atoms with Crippen molar-refractivity contribution in [3.8, 4) is 0 Å². The molecule has 0 unspecified atom stereocenters. The van der Waals surface area contributed by atoms with Crippen molar-refractivity contribution in [1.29, 1.82) is 0 Å². The first-order valence-electron chi connectivity index (χ1n) is 9.17. The molecule has 2 aromatic carbocycles. The molecule has 1 heterocycles. The first-order valence-corrected chi connectivity index (χ1v) is 12.7. The van der Waals surface area contributed by atoms with Gasteiger partial charge in [-0.15, -0.1) is 11.3 Å². The Kier molecular flexibility index (Phi) is 6.94. The highest BCUT2D eigenvalue weighted by atomic mass is 32.2. The highest BCUT2D eigenvalue weighted by Crippen LogP contribution is 2.30. The molecular formula is C20H23N3O3S3. The number of carbonyl (C=O) groups is 1. The van der Waals surface area contributed by atoms with Crippen molar-refractivity contribution in [2.75, 3.05) is 25.2 Å². The lowest BCUT2D eigenvalue weighted by Crippen LogP contribution is -2.28. The zero-order chi connectivity index (χ0) is 21.0. The highest BCUT2D eigenvalue weighted by molar-refractivity contribution is 8.00. The predicted molar refractivity (Wildman–Crippen MR) is 121 cm³/mol. The fraction of sp³-hybridized carbons (Fsp3) is 0.300. The molecule has 0 atom stereocenters. The molecule has 0 aliphatic heterocycles. The lowest BCUT2D eigenvalue weighted by atomic mass is 10.2. The van der Waals surface area contributed by atoms with E-state index in [1.165, 1.54) is 28.6 Å². The second kappa shape index (κ2) is 9.25. The highest BCUT2D eigenvalue weighted by Gasteiger charge is 2.20. The Balaban J connectivity index is 1.73. The standard InChI is InChI=1S/C20H23N3O3S3/c1-4-5-12-23(2)29(25,26)16-9-6-14(7-10-16)19(24)21-15-8-11-17-18(13-15)28-20(22-17)27-3/h6-11,13H,4-5,12H2,1-3H3,(H,21,24). The minimum absolute atomic E-state index is 0.184. The van der Waals surface area contributed by atoms with Gasteiger partial charge >= 0.3 is 0 Å². The molecule has 6 nitrogen and oxygen atoms in total. The molecule has 0 aliphatic carbocycles. The summed E-state index contributed by atoms with van der Waals surface area (Å²) in [6, 6.07) is 11.6. The van der Waals surface area contributed by atoms with Crippen LogP contribution >= 0.6 is 23.1 Å². The fourth-order valence-corrected chi connectivity index (χ4v) is 5.47. The lowest BCUT2D eigenvalue weighted by Gasteiger charge is -2.17. The van der Waals surface area contributed by atoms with E-state index in [0.717, 1.165) is 27.4 Å². The Morgan fingerprint density at radius 2 is 1.93 bits per heavy atom. The van der Waals surface area contributed by atoms with Crippen LogP contribution in [0.1, 0.15) is 30.1 Å². The first kappa shape index (κ1) is 21.8. The summed E-state index contributed by atoms with van der Waals surface area (Å²) in [7, 11) is -1.97. The smallest absolute Gasteiger partial charge is 0.255 e. The lowest BCUT2D eigenvalue weighted by molar-refractivity contribution is 0.102. The number of amides is 1. The van der Waals surface area contributed by atoms with E-state index in [-0.39, 0.29) is 10.8 Å². The van der Waals surface area contributed by atoms with Gasteiger partial charge in [-0.25, -0.2) is 17.7 Å². The van der Waals surface area contributed by atoms with Gasteiger partial charge in [0.15, 0.2) is 4.34 Å². The summed E-state index contributed by atoms with van der Waals surface area (Å²) in [5, 5.41) is 2.86. The summed E-state index contributed by atoms with van der Waals surface area (Å²) in [5.41, 5.74) is 1.98. The molecule has 0 aliphatic rings. The fourth-order valence-electron chi connectivity index (χ4n) is 2.73. The maximum Gasteiger partial charge on any atom is 0.255 e. The summed E-state index contributed by atoms with van der Waals surface area (Å²) >= 11 is 3.16. The second-order valence-corrected chi connectivity index (χ2v) is 10.7. The number of rotatable bonds is 8. The van der Waals surface area contributed by atoms with Gasteiger partial charge < -0.3 is 5.32 Å². The van der Waals surface area contributed by atoms with E-state index in [0.29, 0.717) is 17.8 Å². The molecule has 0 saturated carbocycles. The second-order valence-electron chi connectivity index (χ2n) is 6.53. The third-order valence-electron chi connectivity index (χ3n) is 4.45. The molecule has 0 fully saturated rings. The molecule has 0 radical (unpaired) electrons. The summed E-state index contributed by atoms with van der Waals surface area (Å²) in [6.45, 7) is 2.49. The Bertz CT molecular complexity index is 1110. The normalized spacial score (nSPS) is 11.9. The van der Waals surface area contributed by atoms with Crippen LogP contribution in [0.5, 0.6) is 0 Å². The van der Waals surface area contributed by atoms with Gasteiger partial charge in [0.05, 0.1) is 15.1 Å². The Morgan fingerprint density at radius 1 is 1.21 bits per heavy atom. The van der Waals surface area contributed by atoms with E-state index >= 15 is 0 Å². The van der Waals surface area contributed by atoms with E-state index in [1.54, 1.807) is 30.1 Å². The van der Waals surface area contributed by atoms with Crippen LogP contribution in [-0.2, 0) is 10.0 Å². The van der Waals surface area contributed by atoms with Crippen LogP contribution in [-0.4, -0.2) is 43.5 Å². The molecular weight excluding hydrogens is 426 g/mol. The van der Waals surface area contributed by atoms with Crippen molar-refractivity contribution in [3.63, 3.8) is 0 Å². The molecule has 29 heavy (non-hydrogen) atoms. The van der Waals surface area contributed by atoms with Crippen LogP contribution in [0.25, 0.3) is 10.2 Å². The number of hydrogen-bond acceptors (Lipinski definition) is 6. The van der Waals surface area contributed by atoms with E-state index in [1.807, 2.05) is 31.4 Å². The summed E-state index contributed by atoms with van der Waals surface area (Å²) < 4.78 is 28.5. The van der Waals surface area contributed by atoms with E-state index < -0.39 is 10.0 Å². The molecule has 0 bridgehead atoms. The average molecular weight is 450 g/mol. The minimum atomic E-state index is -3.54. The van der Waals surface area contributed by atoms with Crippen molar-refractivity contribution in [3.05, 3.63) is 48.0 Å². The van der Waals surface area contributed by atoms with Gasteiger partial charge in [0.2, 0.25) is 10.0 Å². The van der Waals surface area contributed by atoms with Gasteiger partial charge in [0.1, 0.15) is 0 Å². The zero-order valence-electron chi connectivity index (χ0n) is 16.5. The van der Waals surface area contributed by atoms with Crippen molar-refractivity contribution in [1.82, 2.24) is 9.29 Å². The zero-order valence-corrected chi connectivity index (χ0v) is 19.0. The van der Waals surface area contributed by atoms with Crippen LogP contribution in [0.4, 0.5) is 5.69 Å². The van der Waals surface area contributed by atoms with Crippen LogP contribution in [0.2, 0.25) is 0 Å². The molecule has 0 saturated heterocycles. The topological polar surface area (TPSA) is 79.4 Å². The van der Waals surface area contributed by atoms with Gasteiger partial charge in [-0.3, -0.25) is 4.79 Å². The number of nitrogens with zero attached hydrogens (tertiary/aromatic N) is 2. The quantitative estimate of drug-likeness (QED) is 0.505. The average Bonchev–Trinajstić information content (AvgIpc) is 3.14. The summed E-state index contributed by atoms with van der Waals surface area (Å²) in [6.07, 6.45) is 3.70. The van der Waals surface area contributed by atoms with E-state index in [9.17, 15) is 13.2 Å². The number of aromatic nitrogens is 1. The van der Waals surface area contributed by atoms with E-state index in [4.69, 9.17) is 0 Å². The number of hydrogen-bond donors (Lipinski definition) is 1. The molecule has 154 valence electrons. The monoisotopic (exact) mass is 449 g/mol. The van der Waals surface area contributed by atoms with Crippen molar-refractivity contribution < 1.29 is 13.2 Å². The van der Waals surface area contributed by atoms with Gasteiger partial charge in [0.25, 0.3) is 5.91 Å². The Morgan fingerprint density at radius 3 is 2.59 bits per heavy atom. The number of anilines is 1. The van der Waals surface area contributed by atoms with Crippen LogP contribution in [0, 0.1) is 0 Å². The number of thioether (sulfide) groups is 1. The van der Waals surface area contributed by atoms with Gasteiger partial charge in [0, 0.05) is 24.8 Å². The van der Waals surface area contributed by atoms with Crippen molar-refractivity contribution in [2.45, 2.75) is 29.0 Å². The molecule has 9 heteroatoms. The summed E-state index contributed by atoms with van der Waals surface area (Å²) in [5.74, 6) is -0.290. The summed E-state index contributed by atoms with van der Waals surface area (Å²) in [4.78, 5) is 17.2. The largest absolute Gasteiger partial charge is 0.322 e. The number of unbranched alkanes of at least 4 members (excludes halogenated alkanes) is 1. The number of sulfonamides is 1. The number of thiazole rings is 1. The van der Waals surface area contributed by atoms with E-state index in [2.05, 4.69) is 10.3 Å². The van der Waals surface area contributed by atoms with Gasteiger partial charge in [-0.05, 0) is 55.1 Å². The molecule has 1 amide bonds. The Hall–Kier alpha value is -1.94. The van der Waals surface area contributed by atoms with Crippen LogP contribution < -0.4 is 5.32 Å². The number of benzene rings is 2. The first-order chi connectivity index (χ1) is 13.8. The van der Waals surface area contributed by atoms with Crippen molar-refractivity contribution >= 4 is 54.9 Å². The number of carbonyl (C=O) groups excluding carboxylic acids is 1. The molecule has 0 spiro atoms. The molecule has 1 aromatic heterocycles. The third-order valence-corrected chi connectivity index (χ3v) is 8.33.